The molecule has 0 bridgehead atoms. The van der Waals surface area contributed by atoms with Crippen molar-refractivity contribution in [3.05, 3.63) is 97.2 Å². The van der Waals surface area contributed by atoms with Gasteiger partial charge in [0.2, 0.25) is 0 Å². The summed E-state index contributed by atoms with van der Waals surface area (Å²) in [6.45, 7) is 13.5. The number of nitrogens with zero attached hydrogens (tertiary/aromatic N) is 1. The molecule has 41 heavy (non-hydrogen) atoms. The molecule has 0 radical (unpaired) electrons. The molecule has 8 heteroatoms. The molecule has 6 nitrogen and oxygen atoms in total. The average molecular weight is 596 g/mol. The van der Waals surface area contributed by atoms with Crippen LogP contribution in [-0.4, -0.2) is 38.2 Å². The molecule has 0 saturated heterocycles. The normalized spacial score (nSPS) is 23.4. The lowest BCUT2D eigenvalue weighted by molar-refractivity contribution is -0.124. The first-order chi connectivity index (χ1) is 19.5. The molecule has 0 aromatic heterocycles. The molecule has 1 saturated carbocycles. The van der Waals surface area contributed by atoms with Crippen LogP contribution >= 0.6 is 0 Å². The van der Waals surface area contributed by atoms with E-state index in [0.717, 1.165) is 18.4 Å². The van der Waals surface area contributed by atoms with Gasteiger partial charge in [0.05, 0.1) is 9.79 Å². The maximum absolute atomic E-state index is 14.4. The molecule has 1 aliphatic carbocycles. The van der Waals surface area contributed by atoms with Crippen molar-refractivity contribution < 1.29 is 21.6 Å². The predicted octanol–water partition coefficient (Wildman–Crippen LogP) is 6.50. The second-order valence-corrected chi connectivity index (χ2v) is 15.4. The molecule has 1 aliphatic heterocycles. The number of allylic oxidation sites excluding steroid dienone is 2. The van der Waals surface area contributed by atoms with Crippen molar-refractivity contribution in [1.29, 1.82) is 0 Å². The van der Waals surface area contributed by atoms with Crippen molar-refractivity contribution in [3.8, 4) is 0 Å². The quantitative estimate of drug-likeness (QED) is 0.195. The third-order valence-corrected chi connectivity index (χ3v) is 12.4. The zero-order valence-electron chi connectivity index (χ0n) is 24.1. The van der Waals surface area contributed by atoms with E-state index in [1.807, 2.05) is 20.8 Å². The standard InChI is InChI=1S/C33H41NO5S2/c1-6-8-9-13-17-30(40(36,37)25-15-11-10-12-16-25)29-22-28-31(23(3)4)27(14-7-2)33(35)32(28)34(29)41(38,39)26-20-18-24(5)19-21-26/h6-7,10-12,15-16,18-23,27-28,30-32H,1-2,8-9,13-14,17H2,3-5H3/t27-,28+,30-,31-,32+/m0/s1. The third-order valence-electron chi connectivity index (χ3n) is 8.47. The maximum atomic E-state index is 14.4. The number of aryl methyl sites for hydroxylation is 1. The Balaban J connectivity index is 1.93. The Morgan fingerprint density at radius 3 is 2.15 bits per heavy atom. The van der Waals surface area contributed by atoms with E-state index in [2.05, 4.69) is 13.2 Å². The van der Waals surface area contributed by atoms with E-state index in [0.29, 0.717) is 12.8 Å². The molecule has 4 rings (SSSR count). The SMILES string of the molecule is C=CCCCC[C@@H](C1=C[C@@H]2[C@@H](C(C)C)[C@H](CC=C)C(=O)[C@@H]2N1S(=O)(=O)c1ccc(C)cc1)S(=O)(=O)c1ccccc1. The number of hydrogen-bond donors (Lipinski definition) is 0. The Morgan fingerprint density at radius 2 is 1.56 bits per heavy atom. The third kappa shape index (κ3) is 5.86. The number of rotatable bonds is 13. The Kier molecular flexibility index (Phi) is 9.44. The molecular weight excluding hydrogens is 554 g/mol. The van der Waals surface area contributed by atoms with Gasteiger partial charge in [-0.3, -0.25) is 9.10 Å². The number of ketones is 1. The topological polar surface area (TPSA) is 88.6 Å². The average Bonchev–Trinajstić information content (AvgIpc) is 3.44. The van der Waals surface area contributed by atoms with Crippen molar-refractivity contribution in [1.82, 2.24) is 4.31 Å². The Hall–Kier alpha value is -2.97. The van der Waals surface area contributed by atoms with E-state index < -0.39 is 37.1 Å². The molecule has 2 aromatic carbocycles. The summed E-state index contributed by atoms with van der Waals surface area (Å²) in [5, 5.41) is -1.13. The molecule has 0 unspecified atom stereocenters. The zero-order valence-corrected chi connectivity index (χ0v) is 25.8. The van der Waals surface area contributed by atoms with Gasteiger partial charge in [-0.1, -0.05) is 74.4 Å². The summed E-state index contributed by atoms with van der Waals surface area (Å²) in [5.41, 5.74) is 1.09. The van der Waals surface area contributed by atoms with Crippen LogP contribution < -0.4 is 0 Å². The summed E-state index contributed by atoms with van der Waals surface area (Å²) in [5.74, 6) is -1.04. The second-order valence-electron chi connectivity index (χ2n) is 11.5. The van der Waals surface area contributed by atoms with Gasteiger partial charge >= 0.3 is 0 Å². The molecule has 5 atom stereocenters. The lowest BCUT2D eigenvalue weighted by Crippen LogP contribution is -2.45. The summed E-state index contributed by atoms with van der Waals surface area (Å²) in [7, 11) is -8.26. The van der Waals surface area contributed by atoms with Gasteiger partial charge in [-0.2, -0.15) is 0 Å². The lowest BCUT2D eigenvalue weighted by atomic mass is 9.79. The van der Waals surface area contributed by atoms with E-state index >= 15 is 0 Å². The van der Waals surface area contributed by atoms with Gasteiger partial charge in [0.25, 0.3) is 10.0 Å². The second kappa shape index (κ2) is 12.5. The van der Waals surface area contributed by atoms with Gasteiger partial charge in [0, 0.05) is 17.5 Å². The number of unbranched alkanes of at least 4 members (excludes halogenated alkanes) is 2. The fourth-order valence-corrected chi connectivity index (χ4v) is 10.2. The first-order valence-corrected chi connectivity index (χ1v) is 17.3. The first-order valence-electron chi connectivity index (χ1n) is 14.3. The summed E-state index contributed by atoms with van der Waals surface area (Å²) in [6.07, 6.45) is 8.01. The number of Topliss-reactive ketones (excluding diaryl/α,β-unsaturated/α-hetero) is 1. The van der Waals surface area contributed by atoms with Crippen molar-refractivity contribution >= 4 is 25.6 Å². The summed E-state index contributed by atoms with van der Waals surface area (Å²) in [4.78, 5) is 14.2. The van der Waals surface area contributed by atoms with Crippen LogP contribution in [0.1, 0.15) is 51.5 Å². The summed E-state index contributed by atoms with van der Waals surface area (Å²) in [6, 6.07) is 13.7. The van der Waals surface area contributed by atoms with Crippen LogP contribution in [0.4, 0.5) is 0 Å². The molecule has 2 aliphatic rings. The largest absolute Gasteiger partial charge is 0.297 e. The smallest absolute Gasteiger partial charge is 0.264 e. The fraction of sp³-hybridized carbons (Fsp3) is 0.424. The van der Waals surface area contributed by atoms with Crippen LogP contribution in [0.25, 0.3) is 0 Å². The van der Waals surface area contributed by atoms with Crippen molar-refractivity contribution in [2.24, 2.45) is 23.7 Å². The van der Waals surface area contributed by atoms with Crippen molar-refractivity contribution in [2.45, 2.75) is 74.0 Å². The van der Waals surface area contributed by atoms with Gasteiger partial charge in [0.15, 0.2) is 15.6 Å². The highest BCUT2D eigenvalue weighted by molar-refractivity contribution is 7.92. The van der Waals surface area contributed by atoms with Crippen molar-refractivity contribution in [2.75, 3.05) is 0 Å². The minimum Gasteiger partial charge on any atom is -0.297 e. The molecule has 220 valence electrons. The van der Waals surface area contributed by atoms with Gasteiger partial charge < -0.3 is 0 Å². The monoisotopic (exact) mass is 595 g/mol. The maximum Gasteiger partial charge on any atom is 0.264 e. The zero-order chi connectivity index (χ0) is 29.9. The number of carbonyl (C=O) groups is 1. The minimum absolute atomic E-state index is 0.0400. The van der Waals surface area contributed by atoms with E-state index in [1.54, 1.807) is 60.7 Å². The Morgan fingerprint density at radius 1 is 0.902 bits per heavy atom. The molecule has 1 heterocycles. The number of carbonyl (C=O) groups excluding carboxylic acids is 1. The molecule has 0 amide bonds. The lowest BCUT2D eigenvalue weighted by Gasteiger charge is -2.32. The van der Waals surface area contributed by atoms with Crippen LogP contribution in [-0.2, 0) is 24.7 Å². The first kappa shape index (κ1) is 31.0. The number of sulfonamides is 1. The van der Waals surface area contributed by atoms with Gasteiger partial charge in [-0.25, -0.2) is 16.8 Å². The number of sulfone groups is 1. The summed E-state index contributed by atoms with van der Waals surface area (Å²) >= 11 is 0. The Labute approximate surface area is 245 Å². The van der Waals surface area contributed by atoms with Crippen LogP contribution in [0.15, 0.2) is 101 Å². The molecule has 1 fully saturated rings. The highest BCUT2D eigenvalue weighted by Crippen LogP contribution is 2.52. The van der Waals surface area contributed by atoms with Crippen LogP contribution in [0, 0.1) is 30.6 Å². The van der Waals surface area contributed by atoms with Crippen LogP contribution in [0.2, 0.25) is 0 Å². The molecule has 0 N–H and O–H groups in total. The highest BCUT2D eigenvalue weighted by Gasteiger charge is 2.59. The fourth-order valence-electron chi connectivity index (χ4n) is 6.56. The highest BCUT2D eigenvalue weighted by atomic mass is 32.2. The number of fused-ring (bicyclic) bond motifs is 1. The van der Waals surface area contributed by atoms with Gasteiger partial charge in [0.1, 0.15) is 11.3 Å². The predicted molar refractivity (Wildman–Crippen MR) is 163 cm³/mol. The summed E-state index contributed by atoms with van der Waals surface area (Å²) < 4.78 is 58.5. The van der Waals surface area contributed by atoms with Crippen LogP contribution in [0.5, 0.6) is 0 Å². The van der Waals surface area contributed by atoms with Gasteiger partial charge in [-0.05, 0) is 68.7 Å². The van der Waals surface area contributed by atoms with E-state index in [1.165, 1.54) is 16.4 Å². The van der Waals surface area contributed by atoms with E-state index in [-0.39, 0.29) is 45.4 Å². The van der Waals surface area contributed by atoms with Crippen molar-refractivity contribution in [3.63, 3.8) is 0 Å². The molecule has 2 aromatic rings. The van der Waals surface area contributed by atoms with Gasteiger partial charge in [-0.15, -0.1) is 13.2 Å². The van der Waals surface area contributed by atoms with E-state index in [9.17, 15) is 21.6 Å². The van der Waals surface area contributed by atoms with E-state index in [4.69, 9.17) is 0 Å². The minimum atomic E-state index is -4.26. The number of hydrogen-bond acceptors (Lipinski definition) is 5. The number of benzene rings is 2. The van der Waals surface area contributed by atoms with Crippen LogP contribution in [0.3, 0.4) is 0 Å². The molecular formula is C33H41NO5S2. The molecule has 0 spiro atoms. The Bertz CT molecular complexity index is 1510.